The second-order valence-corrected chi connectivity index (χ2v) is 9.51. The summed E-state index contributed by atoms with van der Waals surface area (Å²) in [4.78, 5) is 13.5. The first-order valence-corrected chi connectivity index (χ1v) is 10.9. The van der Waals surface area contributed by atoms with E-state index >= 15 is 0 Å². The molecule has 0 aromatic rings. The zero-order chi connectivity index (χ0) is 19.8. The summed E-state index contributed by atoms with van der Waals surface area (Å²) in [6.07, 6.45) is 20.4. The van der Waals surface area contributed by atoms with Crippen molar-refractivity contribution in [3.8, 4) is 6.07 Å². The molecule has 5 aliphatic carbocycles. The highest BCUT2D eigenvalue weighted by molar-refractivity contribution is 6.03. The van der Waals surface area contributed by atoms with E-state index < -0.39 is 0 Å². The van der Waals surface area contributed by atoms with E-state index in [-0.39, 0.29) is 16.8 Å². The van der Waals surface area contributed by atoms with Crippen molar-refractivity contribution in [2.24, 2.45) is 23.2 Å². The van der Waals surface area contributed by atoms with Gasteiger partial charge in [0.25, 0.3) is 0 Å². The molecule has 29 heavy (non-hydrogen) atoms. The highest BCUT2D eigenvalue weighted by Gasteiger charge is 2.55. The van der Waals surface area contributed by atoms with Gasteiger partial charge in [-0.25, -0.2) is 0 Å². The number of nitrogens with zero attached hydrogens (tertiary/aromatic N) is 1. The minimum atomic E-state index is -0.315. The lowest BCUT2D eigenvalue weighted by atomic mass is 9.48. The average Bonchev–Trinajstić information content (AvgIpc) is 2.71. The first-order valence-electron chi connectivity index (χ1n) is 10.9. The zero-order valence-corrected chi connectivity index (χ0v) is 16.7. The molecule has 1 heterocycles. The van der Waals surface area contributed by atoms with Crippen LogP contribution in [0.25, 0.3) is 0 Å². The van der Waals surface area contributed by atoms with Gasteiger partial charge in [-0.2, -0.15) is 5.26 Å². The van der Waals surface area contributed by atoms with Crippen LogP contribution in [0.2, 0.25) is 0 Å². The third-order valence-electron chi connectivity index (χ3n) is 7.31. The van der Waals surface area contributed by atoms with Gasteiger partial charge >= 0.3 is 0 Å². The molecule has 0 spiro atoms. The third-order valence-corrected chi connectivity index (χ3v) is 7.31. The molecule has 1 aliphatic heterocycles. The maximum Gasteiger partial charge on any atom is 0.179 e. The molecule has 6 rings (SSSR count). The molecule has 0 radical (unpaired) electrons. The van der Waals surface area contributed by atoms with Crippen molar-refractivity contribution >= 4 is 5.78 Å². The quantitative estimate of drug-likeness (QED) is 0.452. The van der Waals surface area contributed by atoms with Crippen LogP contribution in [0.3, 0.4) is 0 Å². The Morgan fingerprint density at radius 2 is 1.90 bits per heavy atom. The molecule has 4 bridgehead atoms. The fourth-order valence-corrected chi connectivity index (χ4v) is 6.51. The van der Waals surface area contributed by atoms with Crippen molar-refractivity contribution in [3.63, 3.8) is 0 Å². The molecule has 0 N–H and O–H groups in total. The second kappa shape index (κ2) is 7.37. The predicted molar refractivity (Wildman–Crippen MR) is 109 cm³/mol. The SMILES string of the molecule is N#CC(=CC1=COC=C(CC2=CC=CCC2)O1)C(=O)C12CC3CC(CC(C3)C1)C2. The van der Waals surface area contributed by atoms with Gasteiger partial charge in [-0.3, -0.25) is 4.79 Å². The maximum atomic E-state index is 13.5. The predicted octanol–water partition coefficient (Wildman–Crippen LogP) is 5.62. The summed E-state index contributed by atoms with van der Waals surface area (Å²) in [6, 6.07) is 2.17. The monoisotopic (exact) mass is 389 g/mol. The van der Waals surface area contributed by atoms with Gasteiger partial charge in [-0.15, -0.1) is 0 Å². The third kappa shape index (κ3) is 3.59. The van der Waals surface area contributed by atoms with Crippen LogP contribution in [-0.4, -0.2) is 5.78 Å². The van der Waals surface area contributed by atoms with Crippen LogP contribution in [0.15, 0.2) is 59.5 Å². The first kappa shape index (κ1) is 18.5. The van der Waals surface area contributed by atoms with E-state index in [0.29, 0.717) is 35.7 Å². The summed E-state index contributed by atoms with van der Waals surface area (Å²) in [5.74, 6) is 3.19. The van der Waals surface area contributed by atoms with Gasteiger partial charge in [0, 0.05) is 17.9 Å². The number of rotatable bonds is 5. The average molecular weight is 389 g/mol. The Kier molecular flexibility index (Phi) is 4.70. The van der Waals surface area contributed by atoms with Gasteiger partial charge in [-0.05, 0) is 69.1 Å². The Hall–Kier alpha value is -2.54. The summed E-state index contributed by atoms with van der Waals surface area (Å²) in [6.45, 7) is 0. The van der Waals surface area contributed by atoms with Crippen LogP contribution < -0.4 is 0 Å². The van der Waals surface area contributed by atoms with Crippen molar-refractivity contribution in [1.29, 1.82) is 5.26 Å². The van der Waals surface area contributed by atoms with E-state index in [1.807, 2.05) is 0 Å². The Labute approximate surface area is 172 Å². The summed E-state index contributed by atoms with van der Waals surface area (Å²) in [7, 11) is 0. The number of allylic oxidation sites excluding steroid dienone is 6. The molecule has 0 aromatic carbocycles. The fraction of sp³-hybridized carbons (Fsp3) is 0.520. The molecule has 4 heteroatoms. The molecule has 150 valence electrons. The Bertz CT molecular complexity index is 874. The fourth-order valence-electron chi connectivity index (χ4n) is 6.51. The topological polar surface area (TPSA) is 59.3 Å². The molecular weight excluding hydrogens is 362 g/mol. The molecule has 4 fully saturated rings. The summed E-state index contributed by atoms with van der Waals surface area (Å²) in [5.41, 5.74) is 1.19. The standard InChI is InChI=1S/C25H27NO3/c26-14-21(24(27)25-11-18-6-19(12-25)8-20(7-18)13-25)10-23-16-28-15-22(29-23)9-17-4-2-1-3-5-17/h1-2,4,10,15-16,18-20H,3,5-9,11-13H2. The molecule has 4 nitrogen and oxygen atoms in total. The van der Waals surface area contributed by atoms with Crippen molar-refractivity contribution < 1.29 is 14.3 Å². The van der Waals surface area contributed by atoms with Gasteiger partial charge < -0.3 is 9.47 Å². The van der Waals surface area contributed by atoms with Crippen LogP contribution in [0.5, 0.6) is 0 Å². The lowest BCUT2D eigenvalue weighted by Gasteiger charge is -2.55. The highest BCUT2D eigenvalue weighted by Crippen LogP contribution is 2.60. The molecule has 0 unspecified atom stereocenters. The van der Waals surface area contributed by atoms with Crippen molar-refractivity contribution in [2.75, 3.05) is 0 Å². The highest BCUT2D eigenvalue weighted by atomic mass is 16.5. The first-order chi connectivity index (χ1) is 14.1. The number of carbonyl (C=O) groups excluding carboxylic acids is 1. The second-order valence-electron chi connectivity index (χ2n) is 9.51. The number of Topliss-reactive ketones (excluding diaryl/α,β-unsaturated/α-hetero) is 1. The smallest absolute Gasteiger partial charge is 0.179 e. The number of ether oxygens (including phenoxy) is 2. The van der Waals surface area contributed by atoms with E-state index in [0.717, 1.165) is 32.1 Å². The van der Waals surface area contributed by atoms with E-state index in [1.165, 1.54) is 31.1 Å². The van der Waals surface area contributed by atoms with Gasteiger partial charge in [0.2, 0.25) is 0 Å². The Balaban J connectivity index is 1.31. The number of ketones is 1. The summed E-state index contributed by atoms with van der Waals surface area (Å²) >= 11 is 0. The Morgan fingerprint density at radius 1 is 1.17 bits per heavy atom. The number of hydrogen-bond donors (Lipinski definition) is 0. The molecule has 0 atom stereocenters. The van der Waals surface area contributed by atoms with E-state index in [4.69, 9.17) is 9.47 Å². The molecule has 0 aromatic heterocycles. The van der Waals surface area contributed by atoms with Crippen LogP contribution in [0.1, 0.15) is 57.8 Å². The number of nitriles is 1. The molecular formula is C25H27NO3. The molecule has 4 saturated carbocycles. The van der Waals surface area contributed by atoms with Gasteiger partial charge in [-0.1, -0.05) is 23.8 Å². The van der Waals surface area contributed by atoms with Crippen molar-refractivity contribution in [3.05, 3.63) is 59.5 Å². The zero-order valence-electron chi connectivity index (χ0n) is 16.7. The normalized spacial score (nSPS) is 35.1. The largest absolute Gasteiger partial charge is 0.465 e. The van der Waals surface area contributed by atoms with Gasteiger partial charge in [0.05, 0.1) is 5.57 Å². The lowest BCUT2D eigenvalue weighted by Crippen LogP contribution is -2.50. The minimum absolute atomic E-state index is 0.0276. The number of carbonyl (C=O) groups is 1. The summed E-state index contributed by atoms with van der Waals surface area (Å²) in [5, 5.41) is 9.76. The maximum absolute atomic E-state index is 13.5. The van der Waals surface area contributed by atoms with Crippen LogP contribution >= 0.6 is 0 Å². The molecule has 0 amide bonds. The number of hydrogen-bond acceptors (Lipinski definition) is 4. The van der Waals surface area contributed by atoms with Crippen LogP contribution in [-0.2, 0) is 14.3 Å². The summed E-state index contributed by atoms with van der Waals surface area (Å²) < 4.78 is 11.4. The molecule has 6 aliphatic rings. The minimum Gasteiger partial charge on any atom is -0.465 e. The van der Waals surface area contributed by atoms with Gasteiger partial charge in [0.1, 0.15) is 24.4 Å². The van der Waals surface area contributed by atoms with Gasteiger partial charge in [0.15, 0.2) is 11.5 Å². The lowest BCUT2D eigenvalue weighted by molar-refractivity contribution is -0.139. The van der Waals surface area contributed by atoms with E-state index in [9.17, 15) is 10.1 Å². The van der Waals surface area contributed by atoms with Crippen molar-refractivity contribution in [2.45, 2.75) is 57.8 Å². The Morgan fingerprint density at radius 3 is 2.52 bits per heavy atom. The van der Waals surface area contributed by atoms with Crippen LogP contribution in [0.4, 0.5) is 0 Å². The van der Waals surface area contributed by atoms with Crippen molar-refractivity contribution in [1.82, 2.24) is 0 Å². The van der Waals surface area contributed by atoms with E-state index in [2.05, 4.69) is 24.3 Å². The van der Waals surface area contributed by atoms with E-state index in [1.54, 1.807) is 12.3 Å². The molecule has 0 saturated heterocycles. The van der Waals surface area contributed by atoms with Crippen LogP contribution in [0, 0.1) is 34.5 Å².